The molecule has 1 aliphatic heterocycles. The molecule has 0 unspecified atom stereocenters. The number of carbonyl (C=O) groups is 1. The average Bonchev–Trinajstić information content (AvgIpc) is 2.05. The molecule has 1 amide bonds. The first-order valence-electron chi connectivity index (χ1n) is 3.43. The molecule has 0 radical (unpaired) electrons. The van der Waals surface area contributed by atoms with Gasteiger partial charge in [-0.1, -0.05) is 0 Å². The number of hydrazine groups is 1. The van der Waals surface area contributed by atoms with Crippen molar-refractivity contribution in [1.29, 1.82) is 0 Å². The van der Waals surface area contributed by atoms with E-state index < -0.39 is 0 Å². The Kier molecular flexibility index (Phi) is 2.65. The number of nitrogens with one attached hydrogen (secondary N) is 1. The molecule has 10 heavy (non-hydrogen) atoms. The van der Waals surface area contributed by atoms with Crippen molar-refractivity contribution in [3.8, 4) is 0 Å². The zero-order valence-electron chi connectivity index (χ0n) is 5.80. The quantitative estimate of drug-likeness (QED) is 0.293. The number of hydrogen-bond acceptors (Lipinski definition) is 3. The minimum atomic E-state index is -0.111. The Morgan fingerprint density at radius 1 is 1.70 bits per heavy atom. The number of nitrogens with two attached hydrogens (primary N) is 1. The van der Waals surface area contributed by atoms with E-state index in [0.717, 1.165) is 19.4 Å². The van der Waals surface area contributed by atoms with Gasteiger partial charge in [-0.05, 0) is 12.8 Å². The van der Waals surface area contributed by atoms with Crippen molar-refractivity contribution in [2.24, 2.45) is 11.8 Å². The first-order chi connectivity index (χ1) is 4.84. The molecule has 0 bridgehead atoms. The van der Waals surface area contributed by atoms with E-state index in [1.165, 1.54) is 0 Å². The fourth-order valence-electron chi connectivity index (χ4n) is 1.07. The molecule has 3 N–H and O–H groups in total. The number of amides is 1. The second-order valence-corrected chi connectivity index (χ2v) is 2.42. The Morgan fingerprint density at radius 3 is 3.00 bits per heavy atom. The standard InChI is InChI=1S/C6H12N2O2/c7-8-6(9)5-2-1-3-10-4-5/h5H,1-4,7H2,(H,8,9)/t5-/m1/s1. The van der Waals surface area contributed by atoms with Gasteiger partial charge in [-0.2, -0.15) is 0 Å². The van der Waals surface area contributed by atoms with Gasteiger partial charge in [0, 0.05) is 6.61 Å². The van der Waals surface area contributed by atoms with Gasteiger partial charge in [0.1, 0.15) is 0 Å². The number of hydrogen-bond donors (Lipinski definition) is 2. The predicted octanol–water partition coefficient (Wildman–Crippen LogP) is -0.597. The lowest BCUT2D eigenvalue weighted by Gasteiger charge is -2.19. The Morgan fingerprint density at radius 2 is 2.50 bits per heavy atom. The molecule has 1 rings (SSSR count). The zero-order chi connectivity index (χ0) is 7.40. The smallest absolute Gasteiger partial charge is 0.239 e. The third-order valence-electron chi connectivity index (χ3n) is 1.67. The third kappa shape index (κ3) is 1.68. The summed E-state index contributed by atoms with van der Waals surface area (Å²) in [7, 11) is 0. The highest BCUT2D eigenvalue weighted by molar-refractivity contribution is 5.78. The van der Waals surface area contributed by atoms with Gasteiger partial charge >= 0.3 is 0 Å². The SMILES string of the molecule is NNC(=O)[C@@H]1CCCOC1. The molecular formula is C6H12N2O2. The van der Waals surface area contributed by atoms with Gasteiger partial charge in [0.2, 0.25) is 5.91 Å². The predicted molar refractivity (Wildman–Crippen MR) is 35.9 cm³/mol. The average molecular weight is 144 g/mol. The molecule has 1 atom stereocenters. The minimum absolute atomic E-state index is 0.0289. The van der Waals surface area contributed by atoms with Crippen molar-refractivity contribution in [3.63, 3.8) is 0 Å². The van der Waals surface area contributed by atoms with E-state index in [2.05, 4.69) is 5.43 Å². The molecule has 0 aromatic heterocycles. The van der Waals surface area contributed by atoms with Crippen LogP contribution >= 0.6 is 0 Å². The molecule has 0 spiro atoms. The molecular weight excluding hydrogens is 132 g/mol. The van der Waals surface area contributed by atoms with Crippen molar-refractivity contribution in [1.82, 2.24) is 5.43 Å². The molecule has 4 heteroatoms. The lowest BCUT2D eigenvalue weighted by atomic mass is 10.0. The van der Waals surface area contributed by atoms with E-state index >= 15 is 0 Å². The Hall–Kier alpha value is -0.610. The van der Waals surface area contributed by atoms with Crippen LogP contribution in [0.15, 0.2) is 0 Å². The fourth-order valence-corrected chi connectivity index (χ4v) is 1.07. The van der Waals surface area contributed by atoms with E-state index in [9.17, 15) is 4.79 Å². The van der Waals surface area contributed by atoms with Crippen molar-refractivity contribution in [3.05, 3.63) is 0 Å². The van der Waals surface area contributed by atoms with Crippen molar-refractivity contribution < 1.29 is 9.53 Å². The summed E-state index contributed by atoms with van der Waals surface area (Å²) in [5.41, 5.74) is 2.12. The van der Waals surface area contributed by atoms with Crippen LogP contribution in [0.5, 0.6) is 0 Å². The van der Waals surface area contributed by atoms with Crippen LogP contribution in [0.3, 0.4) is 0 Å². The Labute approximate surface area is 59.7 Å². The van der Waals surface area contributed by atoms with Gasteiger partial charge in [0.15, 0.2) is 0 Å². The van der Waals surface area contributed by atoms with E-state index in [1.54, 1.807) is 0 Å². The monoisotopic (exact) mass is 144 g/mol. The van der Waals surface area contributed by atoms with E-state index in [-0.39, 0.29) is 11.8 Å². The van der Waals surface area contributed by atoms with E-state index in [1.807, 2.05) is 0 Å². The summed E-state index contributed by atoms with van der Waals surface area (Å²) in [6.07, 6.45) is 1.85. The molecule has 0 saturated carbocycles. The Bertz CT molecular complexity index is 121. The summed E-state index contributed by atoms with van der Waals surface area (Å²) in [5, 5.41) is 0. The summed E-state index contributed by atoms with van der Waals surface area (Å²) >= 11 is 0. The molecule has 0 aromatic carbocycles. The van der Waals surface area contributed by atoms with Crippen LogP contribution in [-0.2, 0) is 9.53 Å². The van der Waals surface area contributed by atoms with Gasteiger partial charge in [-0.3, -0.25) is 10.2 Å². The summed E-state index contributed by atoms with van der Waals surface area (Å²) < 4.78 is 5.09. The van der Waals surface area contributed by atoms with Gasteiger partial charge in [0.25, 0.3) is 0 Å². The zero-order valence-corrected chi connectivity index (χ0v) is 5.80. The molecule has 1 aliphatic rings. The van der Waals surface area contributed by atoms with Crippen LogP contribution in [0.25, 0.3) is 0 Å². The molecule has 1 fully saturated rings. The molecule has 1 heterocycles. The number of ether oxygens (including phenoxy) is 1. The van der Waals surface area contributed by atoms with Crippen LogP contribution in [-0.4, -0.2) is 19.1 Å². The second-order valence-electron chi connectivity index (χ2n) is 2.42. The van der Waals surface area contributed by atoms with Crippen LogP contribution in [0.4, 0.5) is 0 Å². The highest BCUT2D eigenvalue weighted by Crippen LogP contribution is 2.12. The normalized spacial score (nSPS) is 25.9. The maximum absolute atomic E-state index is 10.9. The van der Waals surface area contributed by atoms with Gasteiger partial charge in [0.05, 0.1) is 12.5 Å². The first-order valence-corrected chi connectivity index (χ1v) is 3.43. The highest BCUT2D eigenvalue weighted by atomic mass is 16.5. The van der Waals surface area contributed by atoms with Gasteiger partial charge in [-0.25, -0.2) is 5.84 Å². The van der Waals surface area contributed by atoms with Gasteiger partial charge < -0.3 is 4.74 Å². The maximum Gasteiger partial charge on any atom is 0.239 e. The molecule has 0 aromatic rings. The maximum atomic E-state index is 10.9. The molecule has 4 nitrogen and oxygen atoms in total. The lowest BCUT2D eigenvalue weighted by Crippen LogP contribution is -2.39. The van der Waals surface area contributed by atoms with Gasteiger partial charge in [-0.15, -0.1) is 0 Å². The lowest BCUT2D eigenvalue weighted by molar-refractivity contribution is -0.129. The van der Waals surface area contributed by atoms with E-state index in [4.69, 9.17) is 10.6 Å². The number of rotatable bonds is 1. The number of carbonyl (C=O) groups excluding carboxylic acids is 1. The van der Waals surface area contributed by atoms with Crippen molar-refractivity contribution in [2.75, 3.05) is 13.2 Å². The fraction of sp³-hybridized carbons (Fsp3) is 0.833. The summed E-state index contributed by atoms with van der Waals surface area (Å²) in [5.74, 6) is 4.81. The van der Waals surface area contributed by atoms with Crippen molar-refractivity contribution >= 4 is 5.91 Å². The van der Waals surface area contributed by atoms with Crippen molar-refractivity contribution in [2.45, 2.75) is 12.8 Å². The highest BCUT2D eigenvalue weighted by Gasteiger charge is 2.20. The van der Waals surface area contributed by atoms with E-state index in [0.29, 0.717) is 6.61 Å². The third-order valence-corrected chi connectivity index (χ3v) is 1.67. The largest absolute Gasteiger partial charge is 0.381 e. The minimum Gasteiger partial charge on any atom is -0.381 e. The topological polar surface area (TPSA) is 64.3 Å². The van der Waals surface area contributed by atoms with Crippen LogP contribution in [0, 0.1) is 5.92 Å². The first kappa shape index (κ1) is 7.50. The van der Waals surface area contributed by atoms with Crippen LogP contribution < -0.4 is 11.3 Å². The summed E-state index contributed by atoms with van der Waals surface area (Å²) in [6.45, 7) is 1.29. The Balaban J connectivity index is 2.31. The van der Waals surface area contributed by atoms with Crippen LogP contribution in [0.1, 0.15) is 12.8 Å². The summed E-state index contributed by atoms with van der Waals surface area (Å²) in [4.78, 5) is 10.9. The second kappa shape index (κ2) is 3.53. The molecule has 58 valence electrons. The van der Waals surface area contributed by atoms with Crippen LogP contribution in [0.2, 0.25) is 0 Å². The molecule has 0 aliphatic carbocycles. The molecule has 1 saturated heterocycles. The summed E-state index contributed by atoms with van der Waals surface area (Å²) in [6, 6.07) is 0.